The van der Waals surface area contributed by atoms with Gasteiger partial charge >= 0.3 is 5.97 Å². The minimum Gasteiger partial charge on any atom is -0.460 e. The number of esters is 1. The third-order valence-corrected chi connectivity index (χ3v) is 6.99. The van der Waals surface area contributed by atoms with Gasteiger partial charge in [0, 0.05) is 10.0 Å². The Hall–Kier alpha value is -2.68. The summed E-state index contributed by atoms with van der Waals surface area (Å²) in [7, 11) is -3.82. The molecule has 1 aliphatic rings. The van der Waals surface area contributed by atoms with E-state index in [0.717, 1.165) is 0 Å². The molecule has 0 atom stereocenters. The van der Waals surface area contributed by atoms with Crippen molar-refractivity contribution in [2.45, 2.75) is 4.90 Å². The van der Waals surface area contributed by atoms with Crippen LogP contribution in [-0.2, 0) is 14.8 Å². The molecule has 6 nitrogen and oxygen atoms in total. The van der Waals surface area contributed by atoms with Gasteiger partial charge in [-0.3, -0.25) is 0 Å². The number of amidine groups is 1. The molecule has 1 heterocycles. The first kappa shape index (κ1) is 21.5. The van der Waals surface area contributed by atoms with E-state index in [-0.39, 0.29) is 23.9 Å². The second-order valence-corrected chi connectivity index (χ2v) is 9.44. The van der Waals surface area contributed by atoms with E-state index in [9.17, 15) is 13.2 Å². The number of nitrogens with zero attached hydrogens (tertiary/aromatic N) is 2. The lowest BCUT2D eigenvalue weighted by Gasteiger charge is -2.25. The lowest BCUT2D eigenvalue weighted by Crippen LogP contribution is -2.34. The number of ether oxygens (including phenoxy) is 1. The van der Waals surface area contributed by atoms with E-state index in [1.54, 1.807) is 71.6 Å². The zero-order valence-corrected chi connectivity index (χ0v) is 19.2. The van der Waals surface area contributed by atoms with Crippen LogP contribution in [0.2, 0.25) is 5.02 Å². The van der Waals surface area contributed by atoms with Gasteiger partial charge in [-0.15, -0.1) is 4.40 Å². The number of para-hydroxylation sites is 1. The van der Waals surface area contributed by atoms with Crippen LogP contribution in [0.4, 0.5) is 5.69 Å². The van der Waals surface area contributed by atoms with Crippen molar-refractivity contribution in [3.8, 4) is 0 Å². The molecular formula is C22H16BrClN2O4S. The van der Waals surface area contributed by atoms with Gasteiger partial charge in [-0.1, -0.05) is 48.0 Å². The standard InChI is InChI=1S/C22H16BrClN2O4S/c23-17-9-3-1-7-15(17)22(27)30-14-13-26(19-11-5-4-10-18(19)24)21-16-8-2-6-12-20(16)31(28,29)25-21/h1-12H,13-14H2. The zero-order chi connectivity index (χ0) is 22.0. The van der Waals surface area contributed by atoms with Gasteiger partial charge in [0.15, 0.2) is 5.84 Å². The van der Waals surface area contributed by atoms with Crippen LogP contribution in [0.1, 0.15) is 15.9 Å². The first-order valence-electron chi connectivity index (χ1n) is 9.26. The van der Waals surface area contributed by atoms with Gasteiger partial charge in [-0.25, -0.2) is 4.79 Å². The molecular weight excluding hydrogens is 504 g/mol. The van der Waals surface area contributed by atoms with E-state index in [0.29, 0.717) is 26.3 Å². The summed E-state index contributed by atoms with van der Waals surface area (Å²) in [6, 6.07) is 20.6. The second kappa shape index (κ2) is 8.82. The molecule has 0 bridgehead atoms. The maximum Gasteiger partial charge on any atom is 0.339 e. The predicted molar refractivity (Wildman–Crippen MR) is 123 cm³/mol. The van der Waals surface area contributed by atoms with E-state index >= 15 is 0 Å². The highest BCUT2D eigenvalue weighted by Crippen LogP contribution is 2.32. The molecule has 0 unspecified atom stereocenters. The third kappa shape index (κ3) is 4.37. The normalized spacial score (nSPS) is 13.9. The number of hydrogen-bond donors (Lipinski definition) is 0. The third-order valence-electron chi connectivity index (χ3n) is 4.65. The summed E-state index contributed by atoms with van der Waals surface area (Å²) in [6.45, 7) is 0.148. The molecule has 0 aliphatic carbocycles. The summed E-state index contributed by atoms with van der Waals surface area (Å²) in [4.78, 5) is 14.2. The van der Waals surface area contributed by atoms with Crippen molar-refractivity contribution in [3.05, 3.63) is 93.4 Å². The van der Waals surface area contributed by atoms with Gasteiger partial charge in [0.25, 0.3) is 10.0 Å². The van der Waals surface area contributed by atoms with Gasteiger partial charge in [0.2, 0.25) is 0 Å². The number of anilines is 1. The number of halogens is 2. The average molecular weight is 520 g/mol. The monoisotopic (exact) mass is 518 g/mol. The summed E-state index contributed by atoms with van der Waals surface area (Å²) in [5.41, 5.74) is 1.43. The summed E-state index contributed by atoms with van der Waals surface area (Å²) in [6.07, 6.45) is 0. The van der Waals surface area contributed by atoms with E-state index < -0.39 is 16.0 Å². The molecule has 9 heteroatoms. The Labute approximate surface area is 193 Å². The van der Waals surface area contributed by atoms with Gasteiger partial charge in [0.1, 0.15) is 11.5 Å². The number of fused-ring (bicyclic) bond motifs is 1. The Bertz CT molecular complexity index is 1290. The predicted octanol–water partition coefficient (Wildman–Crippen LogP) is 4.92. The fourth-order valence-electron chi connectivity index (χ4n) is 3.23. The van der Waals surface area contributed by atoms with E-state index in [1.165, 1.54) is 6.07 Å². The Balaban J connectivity index is 1.64. The van der Waals surface area contributed by atoms with Crippen LogP contribution in [0, 0.1) is 0 Å². The first-order valence-corrected chi connectivity index (χ1v) is 11.9. The topological polar surface area (TPSA) is 76.0 Å². The van der Waals surface area contributed by atoms with Crippen molar-refractivity contribution in [2.24, 2.45) is 4.40 Å². The van der Waals surface area contributed by atoms with Gasteiger partial charge in [-0.2, -0.15) is 8.42 Å². The van der Waals surface area contributed by atoms with Crippen molar-refractivity contribution >= 4 is 55.0 Å². The lowest BCUT2D eigenvalue weighted by atomic mass is 10.1. The van der Waals surface area contributed by atoms with Crippen molar-refractivity contribution < 1.29 is 17.9 Å². The molecule has 158 valence electrons. The SMILES string of the molecule is O=C(OCCN(C1=NS(=O)(=O)c2ccccc21)c1ccccc1Cl)c1ccccc1Br. The smallest absolute Gasteiger partial charge is 0.339 e. The molecule has 3 aromatic rings. The van der Waals surface area contributed by atoms with E-state index in [2.05, 4.69) is 20.3 Å². The number of carbonyl (C=O) groups excluding carboxylic acids is 1. The summed E-state index contributed by atoms with van der Waals surface area (Å²) < 4.78 is 35.2. The quantitative estimate of drug-likeness (QED) is 0.448. The maximum atomic E-state index is 12.6. The van der Waals surface area contributed by atoms with Crippen LogP contribution in [0.3, 0.4) is 0 Å². The molecule has 4 rings (SSSR count). The molecule has 0 amide bonds. The fourth-order valence-corrected chi connectivity index (χ4v) is 5.12. The van der Waals surface area contributed by atoms with Gasteiger partial charge in [0.05, 0.1) is 22.8 Å². The lowest BCUT2D eigenvalue weighted by molar-refractivity contribution is 0.0516. The largest absolute Gasteiger partial charge is 0.460 e. The van der Waals surface area contributed by atoms with Crippen molar-refractivity contribution in [1.29, 1.82) is 0 Å². The first-order chi connectivity index (χ1) is 14.9. The number of benzene rings is 3. The maximum absolute atomic E-state index is 12.6. The highest BCUT2D eigenvalue weighted by Gasteiger charge is 2.32. The minimum absolute atomic E-state index is 0.00732. The van der Waals surface area contributed by atoms with Crippen LogP contribution >= 0.6 is 27.5 Å². The Morgan fingerprint density at radius 3 is 2.45 bits per heavy atom. The Kier molecular flexibility index (Phi) is 6.13. The molecule has 0 saturated heterocycles. The van der Waals surface area contributed by atoms with Crippen molar-refractivity contribution in [1.82, 2.24) is 0 Å². The molecule has 0 spiro atoms. The summed E-state index contributed by atoms with van der Waals surface area (Å²) in [5, 5.41) is 0.420. The summed E-state index contributed by atoms with van der Waals surface area (Å²) >= 11 is 9.73. The van der Waals surface area contributed by atoms with Crippen LogP contribution in [0.5, 0.6) is 0 Å². The average Bonchev–Trinajstić information content (AvgIpc) is 3.03. The van der Waals surface area contributed by atoms with E-state index in [1.807, 2.05) is 0 Å². The molecule has 31 heavy (non-hydrogen) atoms. The van der Waals surface area contributed by atoms with Crippen LogP contribution in [-0.4, -0.2) is 33.4 Å². The van der Waals surface area contributed by atoms with Crippen LogP contribution < -0.4 is 4.90 Å². The molecule has 0 aromatic heterocycles. The summed E-state index contributed by atoms with van der Waals surface area (Å²) in [5.74, 6) is -0.256. The Morgan fingerprint density at radius 2 is 1.68 bits per heavy atom. The zero-order valence-electron chi connectivity index (χ0n) is 16.0. The van der Waals surface area contributed by atoms with E-state index in [4.69, 9.17) is 16.3 Å². The number of rotatable bonds is 5. The number of sulfonamides is 1. The van der Waals surface area contributed by atoms with Gasteiger partial charge < -0.3 is 9.64 Å². The number of carbonyl (C=O) groups is 1. The molecule has 0 fully saturated rings. The Morgan fingerprint density at radius 1 is 1.00 bits per heavy atom. The van der Waals surface area contributed by atoms with Crippen LogP contribution in [0.25, 0.3) is 0 Å². The second-order valence-electron chi connectivity index (χ2n) is 6.60. The molecule has 0 radical (unpaired) electrons. The highest BCUT2D eigenvalue weighted by atomic mass is 79.9. The van der Waals surface area contributed by atoms with Crippen molar-refractivity contribution in [2.75, 3.05) is 18.1 Å². The molecule has 1 aliphatic heterocycles. The molecule has 0 saturated carbocycles. The number of hydrogen-bond acceptors (Lipinski definition) is 5. The van der Waals surface area contributed by atoms with Crippen molar-refractivity contribution in [3.63, 3.8) is 0 Å². The minimum atomic E-state index is -3.82. The molecule has 0 N–H and O–H groups in total. The fraction of sp³-hybridized carbons (Fsp3) is 0.0909. The highest BCUT2D eigenvalue weighted by molar-refractivity contribution is 9.10. The van der Waals surface area contributed by atoms with Gasteiger partial charge in [-0.05, 0) is 52.3 Å². The molecule has 3 aromatic carbocycles. The van der Waals surface area contributed by atoms with Crippen LogP contribution in [0.15, 0.2) is 86.6 Å².